The van der Waals surface area contributed by atoms with Crippen molar-refractivity contribution in [2.24, 2.45) is 0 Å². The van der Waals surface area contributed by atoms with Crippen LogP contribution in [0.4, 0.5) is 11.4 Å². The standard InChI is InChI=1S/C11H16N2O3S/c1-13(17(14,15)9-4-5-9)11-7-8(16-2)3-6-10(11)12/h3,6-7,9H,4-5,12H2,1-2H3. The molecule has 1 fully saturated rings. The largest absolute Gasteiger partial charge is 0.497 e. The quantitative estimate of drug-likeness (QED) is 0.822. The topological polar surface area (TPSA) is 72.6 Å². The number of nitrogens with zero attached hydrogens (tertiary/aromatic N) is 1. The zero-order chi connectivity index (χ0) is 12.6. The molecule has 0 amide bonds. The molecule has 2 rings (SSSR count). The molecule has 0 heterocycles. The molecule has 0 spiro atoms. The first-order valence-corrected chi connectivity index (χ1v) is 6.88. The third-order valence-corrected chi connectivity index (χ3v) is 5.18. The average molecular weight is 256 g/mol. The van der Waals surface area contributed by atoms with Gasteiger partial charge in [-0.15, -0.1) is 0 Å². The fraction of sp³-hybridized carbons (Fsp3) is 0.455. The molecule has 1 aromatic carbocycles. The molecule has 6 heteroatoms. The number of nitrogen functional groups attached to an aromatic ring is 1. The molecule has 94 valence electrons. The minimum atomic E-state index is -3.27. The Morgan fingerprint density at radius 2 is 2.06 bits per heavy atom. The summed E-state index contributed by atoms with van der Waals surface area (Å²) in [6, 6.07) is 4.98. The second kappa shape index (κ2) is 4.10. The minimum Gasteiger partial charge on any atom is -0.497 e. The maximum absolute atomic E-state index is 12.1. The Kier molecular flexibility index (Phi) is 2.91. The lowest BCUT2D eigenvalue weighted by Crippen LogP contribution is -2.30. The van der Waals surface area contributed by atoms with Gasteiger partial charge in [0.15, 0.2) is 0 Å². The molecule has 0 radical (unpaired) electrons. The zero-order valence-electron chi connectivity index (χ0n) is 9.88. The predicted molar refractivity (Wildman–Crippen MR) is 67.8 cm³/mol. The van der Waals surface area contributed by atoms with Crippen LogP contribution >= 0.6 is 0 Å². The van der Waals surface area contributed by atoms with E-state index in [9.17, 15) is 8.42 Å². The normalized spacial score (nSPS) is 15.6. The highest BCUT2D eigenvalue weighted by molar-refractivity contribution is 7.93. The number of rotatable bonds is 4. The second-order valence-electron chi connectivity index (χ2n) is 4.14. The average Bonchev–Trinajstić information content (AvgIpc) is 3.13. The molecule has 2 N–H and O–H groups in total. The van der Waals surface area contributed by atoms with E-state index in [-0.39, 0.29) is 5.25 Å². The molecule has 0 unspecified atom stereocenters. The van der Waals surface area contributed by atoms with Crippen LogP contribution in [-0.2, 0) is 10.0 Å². The van der Waals surface area contributed by atoms with Crippen molar-refractivity contribution in [1.29, 1.82) is 0 Å². The number of methoxy groups -OCH3 is 1. The lowest BCUT2D eigenvalue weighted by molar-refractivity contribution is 0.415. The van der Waals surface area contributed by atoms with Crippen molar-refractivity contribution in [2.45, 2.75) is 18.1 Å². The van der Waals surface area contributed by atoms with Crippen LogP contribution in [0.1, 0.15) is 12.8 Å². The molecule has 1 aromatic rings. The van der Waals surface area contributed by atoms with Gasteiger partial charge in [0.25, 0.3) is 0 Å². The fourth-order valence-electron chi connectivity index (χ4n) is 1.65. The first kappa shape index (κ1) is 12.0. The van der Waals surface area contributed by atoms with Gasteiger partial charge < -0.3 is 10.5 Å². The highest BCUT2D eigenvalue weighted by Gasteiger charge is 2.39. The van der Waals surface area contributed by atoms with Crippen LogP contribution < -0.4 is 14.8 Å². The van der Waals surface area contributed by atoms with Crippen molar-refractivity contribution in [2.75, 3.05) is 24.2 Å². The Labute approximate surface area is 101 Å². The molecule has 5 nitrogen and oxygen atoms in total. The van der Waals surface area contributed by atoms with Crippen LogP contribution in [0.2, 0.25) is 0 Å². The molecule has 0 aliphatic heterocycles. The summed E-state index contributed by atoms with van der Waals surface area (Å²) in [6.07, 6.45) is 1.47. The van der Waals surface area contributed by atoms with Gasteiger partial charge in [-0.2, -0.15) is 0 Å². The predicted octanol–water partition coefficient (Wildman–Crippen LogP) is 1.21. The molecule has 0 aromatic heterocycles. The van der Waals surface area contributed by atoms with E-state index in [0.29, 0.717) is 17.1 Å². The maximum atomic E-state index is 12.1. The van der Waals surface area contributed by atoms with Crippen molar-refractivity contribution in [3.8, 4) is 5.75 Å². The molecular formula is C11H16N2O3S. The molecular weight excluding hydrogens is 240 g/mol. The zero-order valence-corrected chi connectivity index (χ0v) is 10.7. The van der Waals surface area contributed by atoms with E-state index in [1.807, 2.05) is 0 Å². The van der Waals surface area contributed by atoms with Crippen LogP contribution in [0.5, 0.6) is 5.75 Å². The summed E-state index contributed by atoms with van der Waals surface area (Å²) < 4.78 is 30.5. The van der Waals surface area contributed by atoms with E-state index in [4.69, 9.17) is 10.5 Å². The van der Waals surface area contributed by atoms with Crippen molar-refractivity contribution in [3.05, 3.63) is 18.2 Å². The Bertz CT molecular complexity index is 524. The Morgan fingerprint density at radius 3 is 2.59 bits per heavy atom. The number of hydrogen-bond acceptors (Lipinski definition) is 4. The maximum Gasteiger partial charge on any atom is 0.237 e. The number of hydrogen-bond donors (Lipinski definition) is 1. The molecule has 17 heavy (non-hydrogen) atoms. The van der Waals surface area contributed by atoms with Crippen molar-refractivity contribution >= 4 is 21.4 Å². The van der Waals surface area contributed by atoms with Crippen molar-refractivity contribution < 1.29 is 13.2 Å². The molecule has 0 saturated heterocycles. The van der Waals surface area contributed by atoms with Gasteiger partial charge >= 0.3 is 0 Å². The van der Waals surface area contributed by atoms with Crippen molar-refractivity contribution in [3.63, 3.8) is 0 Å². The van der Waals surface area contributed by atoms with Crippen LogP contribution in [0.3, 0.4) is 0 Å². The van der Waals surface area contributed by atoms with Gasteiger partial charge in [0, 0.05) is 13.1 Å². The fourth-order valence-corrected chi connectivity index (χ4v) is 3.26. The van der Waals surface area contributed by atoms with Crippen LogP contribution in [0.25, 0.3) is 0 Å². The smallest absolute Gasteiger partial charge is 0.237 e. The summed E-state index contributed by atoms with van der Waals surface area (Å²) in [6.45, 7) is 0. The van der Waals surface area contributed by atoms with E-state index in [0.717, 1.165) is 12.8 Å². The van der Waals surface area contributed by atoms with Gasteiger partial charge in [-0.3, -0.25) is 4.31 Å². The molecule has 1 saturated carbocycles. The van der Waals surface area contributed by atoms with E-state index < -0.39 is 10.0 Å². The molecule has 1 aliphatic rings. The molecule has 0 atom stereocenters. The lowest BCUT2D eigenvalue weighted by atomic mass is 10.2. The van der Waals surface area contributed by atoms with Crippen LogP contribution in [-0.4, -0.2) is 27.8 Å². The third kappa shape index (κ3) is 2.17. The monoisotopic (exact) mass is 256 g/mol. The van der Waals surface area contributed by atoms with Crippen molar-refractivity contribution in [1.82, 2.24) is 0 Å². The van der Waals surface area contributed by atoms with Gasteiger partial charge in [-0.05, 0) is 25.0 Å². The molecule has 1 aliphatic carbocycles. The number of anilines is 2. The Balaban J connectivity index is 2.39. The van der Waals surface area contributed by atoms with E-state index in [1.165, 1.54) is 18.5 Å². The summed E-state index contributed by atoms with van der Waals surface area (Å²) in [5, 5.41) is -0.252. The third-order valence-electron chi connectivity index (χ3n) is 2.90. The minimum absolute atomic E-state index is 0.252. The van der Waals surface area contributed by atoms with E-state index in [1.54, 1.807) is 18.2 Å². The number of ether oxygens (including phenoxy) is 1. The SMILES string of the molecule is COc1ccc(N)c(N(C)S(=O)(=O)C2CC2)c1. The number of nitrogens with two attached hydrogens (primary N) is 1. The van der Waals surface area contributed by atoms with E-state index >= 15 is 0 Å². The van der Waals surface area contributed by atoms with Crippen LogP contribution in [0.15, 0.2) is 18.2 Å². The Morgan fingerprint density at radius 1 is 1.41 bits per heavy atom. The molecule has 0 bridgehead atoms. The van der Waals surface area contributed by atoms with Gasteiger partial charge in [0.1, 0.15) is 5.75 Å². The van der Waals surface area contributed by atoms with Gasteiger partial charge in [-0.25, -0.2) is 8.42 Å². The first-order valence-electron chi connectivity index (χ1n) is 5.38. The summed E-state index contributed by atoms with van der Waals surface area (Å²) in [4.78, 5) is 0. The summed E-state index contributed by atoms with van der Waals surface area (Å²) in [5.74, 6) is 0.590. The van der Waals surface area contributed by atoms with Gasteiger partial charge in [-0.1, -0.05) is 0 Å². The lowest BCUT2D eigenvalue weighted by Gasteiger charge is -2.21. The first-order chi connectivity index (χ1) is 7.96. The Hall–Kier alpha value is -1.43. The highest BCUT2D eigenvalue weighted by atomic mass is 32.2. The van der Waals surface area contributed by atoms with E-state index in [2.05, 4.69) is 0 Å². The second-order valence-corrected chi connectivity index (χ2v) is 6.38. The van der Waals surface area contributed by atoms with Gasteiger partial charge in [0.05, 0.1) is 23.7 Å². The highest BCUT2D eigenvalue weighted by Crippen LogP contribution is 2.36. The number of benzene rings is 1. The number of sulfonamides is 1. The summed E-state index contributed by atoms with van der Waals surface area (Å²) in [7, 11) is -0.210. The van der Waals surface area contributed by atoms with Crippen LogP contribution in [0, 0.1) is 0 Å². The summed E-state index contributed by atoms with van der Waals surface area (Å²) in [5.41, 5.74) is 6.70. The summed E-state index contributed by atoms with van der Waals surface area (Å²) >= 11 is 0. The van der Waals surface area contributed by atoms with Gasteiger partial charge in [0.2, 0.25) is 10.0 Å².